The molecule has 124 valence electrons. The van der Waals surface area contributed by atoms with Crippen LogP contribution in [-0.4, -0.2) is 28.2 Å². The molecule has 5 heteroatoms. The van der Waals surface area contributed by atoms with Gasteiger partial charge < -0.3 is 10.2 Å². The molecule has 2 aromatic rings. The van der Waals surface area contributed by atoms with Crippen LogP contribution < -0.4 is 10.2 Å². The number of rotatable bonds is 3. The summed E-state index contributed by atoms with van der Waals surface area (Å²) < 4.78 is 0. The monoisotopic (exact) mass is 322 g/mol. The number of nitrogens with one attached hydrogen (secondary N) is 1. The highest BCUT2D eigenvalue weighted by Crippen LogP contribution is 2.36. The van der Waals surface area contributed by atoms with Crippen LogP contribution in [0.25, 0.3) is 0 Å². The van der Waals surface area contributed by atoms with Crippen LogP contribution in [0.3, 0.4) is 0 Å². The van der Waals surface area contributed by atoms with E-state index >= 15 is 0 Å². The Morgan fingerprint density at radius 3 is 2.67 bits per heavy atom. The van der Waals surface area contributed by atoms with E-state index < -0.39 is 0 Å². The summed E-state index contributed by atoms with van der Waals surface area (Å²) in [6, 6.07) is 12.7. The standard InChI is InChI=1S/C19H22N4O/c1-13-12-14-6-2-5-9-17(14)23(13)18-11-10-16(21-22-18)19(24)20-15-7-3-4-8-15/h2,5-6,9-11,13,15H,3-4,7-8,12H2,1H3,(H,20,24). The highest BCUT2D eigenvalue weighted by atomic mass is 16.2. The van der Waals surface area contributed by atoms with Gasteiger partial charge in [0, 0.05) is 17.8 Å². The van der Waals surface area contributed by atoms with Gasteiger partial charge in [-0.1, -0.05) is 31.0 Å². The summed E-state index contributed by atoms with van der Waals surface area (Å²) in [6.07, 6.45) is 5.53. The van der Waals surface area contributed by atoms with Crippen LogP contribution in [0.15, 0.2) is 36.4 Å². The van der Waals surface area contributed by atoms with E-state index in [-0.39, 0.29) is 5.91 Å². The van der Waals surface area contributed by atoms with Gasteiger partial charge in [0.25, 0.3) is 5.91 Å². The normalized spacial score (nSPS) is 20.2. The van der Waals surface area contributed by atoms with Crippen molar-refractivity contribution in [2.75, 3.05) is 4.90 Å². The van der Waals surface area contributed by atoms with Gasteiger partial charge in [0.15, 0.2) is 11.5 Å². The molecular weight excluding hydrogens is 300 g/mol. The molecule has 1 aliphatic carbocycles. The fourth-order valence-corrected chi connectivity index (χ4v) is 3.82. The molecule has 0 radical (unpaired) electrons. The summed E-state index contributed by atoms with van der Waals surface area (Å²) in [5.41, 5.74) is 2.91. The molecule has 1 aromatic heterocycles. The van der Waals surface area contributed by atoms with Gasteiger partial charge in [0.1, 0.15) is 0 Å². The fraction of sp³-hybridized carbons (Fsp3) is 0.421. The highest BCUT2D eigenvalue weighted by Gasteiger charge is 2.28. The zero-order chi connectivity index (χ0) is 16.5. The second-order valence-electron chi connectivity index (χ2n) is 6.78. The van der Waals surface area contributed by atoms with Crippen LogP contribution in [0.4, 0.5) is 11.5 Å². The Morgan fingerprint density at radius 1 is 1.12 bits per heavy atom. The van der Waals surface area contributed by atoms with Crippen molar-refractivity contribution in [1.82, 2.24) is 15.5 Å². The van der Waals surface area contributed by atoms with Crippen LogP contribution >= 0.6 is 0 Å². The number of fused-ring (bicyclic) bond motifs is 1. The minimum atomic E-state index is -0.115. The Bertz CT molecular complexity index is 737. The van der Waals surface area contributed by atoms with E-state index in [1.165, 1.54) is 24.1 Å². The predicted molar refractivity (Wildman–Crippen MR) is 93.5 cm³/mol. The van der Waals surface area contributed by atoms with Crippen molar-refractivity contribution in [3.05, 3.63) is 47.7 Å². The molecule has 2 aliphatic rings. The van der Waals surface area contributed by atoms with E-state index in [4.69, 9.17) is 0 Å². The number of carbonyl (C=O) groups excluding carboxylic acids is 1. The largest absolute Gasteiger partial charge is 0.348 e. The minimum absolute atomic E-state index is 0.115. The molecule has 1 fully saturated rings. The molecule has 24 heavy (non-hydrogen) atoms. The lowest BCUT2D eigenvalue weighted by atomic mass is 10.1. The number of benzene rings is 1. The van der Waals surface area contributed by atoms with E-state index in [2.05, 4.69) is 45.5 Å². The van der Waals surface area contributed by atoms with Crippen LogP contribution in [-0.2, 0) is 6.42 Å². The van der Waals surface area contributed by atoms with Crippen molar-refractivity contribution in [3.63, 3.8) is 0 Å². The summed E-state index contributed by atoms with van der Waals surface area (Å²) in [4.78, 5) is 14.5. The maximum absolute atomic E-state index is 12.3. The molecule has 1 unspecified atom stereocenters. The number of nitrogens with zero attached hydrogens (tertiary/aromatic N) is 3. The first-order chi connectivity index (χ1) is 11.7. The zero-order valence-electron chi connectivity index (χ0n) is 13.9. The molecule has 1 atom stereocenters. The first kappa shape index (κ1) is 15.1. The van der Waals surface area contributed by atoms with Gasteiger partial charge in [-0.2, -0.15) is 0 Å². The predicted octanol–water partition coefficient (Wildman–Crippen LogP) is 3.23. The van der Waals surface area contributed by atoms with Gasteiger partial charge >= 0.3 is 0 Å². The Kier molecular flexibility index (Phi) is 3.92. The SMILES string of the molecule is CC1Cc2ccccc2N1c1ccc(C(=O)NC2CCCC2)nn1. The number of para-hydroxylation sites is 1. The fourth-order valence-electron chi connectivity index (χ4n) is 3.82. The van der Waals surface area contributed by atoms with Crippen LogP contribution in [0.1, 0.15) is 48.7 Å². The van der Waals surface area contributed by atoms with Crippen molar-refractivity contribution in [2.24, 2.45) is 0 Å². The third kappa shape index (κ3) is 2.75. The first-order valence-corrected chi connectivity index (χ1v) is 8.74. The summed E-state index contributed by atoms with van der Waals surface area (Å²) >= 11 is 0. The topological polar surface area (TPSA) is 58.1 Å². The highest BCUT2D eigenvalue weighted by molar-refractivity contribution is 5.92. The number of amides is 1. The molecule has 1 N–H and O–H groups in total. The van der Waals surface area contributed by atoms with E-state index in [1.807, 2.05) is 12.1 Å². The first-order valence-electron chi connectivity index (χ1n) is 8.74. The lowest BCUT2D eigenvalue weighted by Gasteiger charge is -2.23. The van der Waals surface area contributed by atoms with Gasteiger partial charge in [0.2, 0.25) is 0 Å². The molecule has 1 saturated carbocycles. The summed E-state index contributed by atoms with van der Waals surface area (Å²) in [7, 11) is 0. The van der Waals surface area contributed by atoms with E-state index in [9.17, 15) is 4.79 Å². The van der Waals surface area contributed by atoms with E-state index in [0.29, 0.717) is 17.8 Å². The van der Waals surface area contributed by atoms with Crippen molar-refractivity contribution < 1.29 is 4.79 Å². The van der Waals surface area contributed by atoms with Gasteiger partial charge in [-0.15, -0.1) is 10.2 Å². The lowest BCUT2D eigenvalue weighted by molar-refractivity contribution is 0.0932. The van der Waals surface area contributed by atoms with E-state index in [0.717, 1.165) is 25.1 Å². The minimum Gasteiger partial charge on any atom is -0.348 e. The Balaban J connectivity index is 1.52. The molecule has 0 spiro atoms. The average molecular weight is 322 g/mol. The smallest absolute Gasteiger partial charge is 0.272 e. The van der Waals surface area contributed by atoms with Crippen molar-refractivity contribution >= 4 is 17.4 Å². The van der Waals surface area contributed by atoms with Crippen molar-refractivity contribution in [2.45, 2.75) is 51.1 Å². The van der Waals surface area contributed by atoms with Crippen molar-refractivity contribution in [1.29, 1.82) is 0 Å². The number of aromatic nitrogens is 2. The molecule has 2 heterocycles. The number of anilines is 2. The van der Waals surface area contributed by atoms with Gasteiger partial charge in [-0.25, -0.2) is 0 Å². The number of hydrogen-bond donors (Lipinski definition) is 1. The maximum atomic E-state index is 12.3. The van der Waals surface area contributed by atoms with Gasteiger partial charge in [0.05, 0.1) is 0 Å². The summed E-state index contributed by atoms with van der Waals surface area (Å²) in [6.45, 7) is 2.18. The van der Waals surface area contributed by atoms with Crippen molar-refractivity contribution in [3.8, 4) is 0 Å². The average Bonchev–Trinajstić information content (AvgIpc) is 3.21. The third-order valence-corrected chi connectivity index (χ3v) is 5.03. The molecule has 5 nitrogen and oxygen atoms in total. The Labute approximate surface area is 142 Å². The zero-order valence-corrected chi connectivity index (χ0v) is 13.9. The molecule has 4 rings (SSSR count). The van der Waals surface area contributed by atoms with Gasteiger partial charge in [-0.05, 0) is 49.9 Å². The molecular formula is C19H22N4O. The van der Waals surface area contributed by atoms with Gasteiger partial charge in [-0.3, -0.25) is 4.79 Å². The lowest BCUT2D eigenvalue weighted by Crippen LogP contribution is -2.33. The molecule has 1 amide bonds. The van der Waals surface area contributed by atoms with E-state index in [1.54, 1.807) is 6.07 Å². The quantitative estimate of drug-likeness (QED) is 0.942. The van der Waals surface area contributed by atoms with Crippen LogP contribution in [0.2, 0.25) is 0 Å². The Hall–Kier alpha value is -2.43. The second kappa shape index (κ2) is 6.23. The Morgan fingerprint density at radius 2 is 1.92 bits per heavy atom. The number of carbonyl (C=O) groups is 1. The summed E-state index contributed by atoms with van der Waals surface area (Å²) in [5, 5.41) is 11.5. The molecule has 0 saturated heterocycles. The van der Waals surface area contributed by atoms with Crippen LogP contribution in [0, 0.1) is 0 Å². The number of hydrogen-bond acceptors (Lipinski definition) is 4. The third-order valence-electron chi connectivity index (χ3n) is 5.03. The summed E-state index contributed by atoms with van der Waals surface area (Å²) in [5.74, 6) is 0.681. The van der Waals surface area contributed by atoms with Crippen LogP contribution in [0.5, 0.6) is 0 Å². The molecule has 1 aromatic carbocycles. The maximum Gasteiger partial charge on any atom is 0.272 e. The molecule has 1 aliphatic heterocycles. The second-order valence-corrected chi connectivity index (χ2v) is 6.78. The molecule has 0 bridgehead atoms.